The smallest absolute Gasteiger partial charge is 0.330 e. The number of nitrogens with one attached hydrogen (secondary N) is 1. The van der Waals surface area contributed by atoms with E-state index in [0.717, 1.165) is 18.2 Å². The number of ether oxygens (including phenoxy) is 1. The number of amides is 1. The fraction of sp³-hybridized carbons (Fsp3) is 0.263. The number of carboxylic acids is 1. The maximum atomic E-state index is 13.8. The van der Waals surface area contributed by atoms with Gasteiger partial charge in [0.25, 0.3) is 0 Å². The van der Waals surface area contributed by atoms with E-state index >= 15 is 0 Å². The monoisotopic (exact) mass is 361 g/mol. The summed E-state index contributed by atoms with van der Waals surface area (Å²) in [6.07, 6.45) is 0.348. The van der Waals surface area contributed by atoms with Crippen molar-refractivity contribution < 1.29 is 28.2 Å². The lowest BCUT2D eigenvalue weighted by molar-refractivity contribution is -0.142. The highest BCUT2D eigenvalue weighted by Gasteiger charge is 2.46. The second-order valence-corrected chi connectivity index (χ2v) is 6.17. The van der Waals surface area contributed by atoms with Crippen LogP contribution >= 0.6 is 0 Å². The largest absolute Gasteiger partial charge is 0.497 e. The molecular formula is C19H17F2NO4. The topological polar surface area (TPSA) is 75.6 Å². The third-order valence-corrected chi connectivity index (χ3v) is 4.47. The maximum absolute atomic E-state index is 13.8. The minimum absolute atomic E-state index is 0.140. The summed E-state index contributed by atoms with van der Waals surface area (Å²) in [6.45, 7) is 0. The minimum atomic E-state index is -1.23. The van der Waals surface area contributed by atoms with Gasteiger partial charge >= 0.3 is 5.97 Å². The van der Waals surface area contributed by atoms with Crippen LogP contribution in [-0.4, -0.2) is 24.1 Å². The molecule has 0 bridgehead atoms. The van der Waals surface area contributed by atoms with Crippen LogP contribution in [-0.2, 0) is 9.59 Å². The first kappa shape index (κ1) is 17.8. The normalized spacial score (nSPS) is 19.5. The zero-order chi connectivity index (χ0) is 18.8. The molecule has 136 valence electrons. The number of benzene rings is 2. The molecule has 2 aromatic carbocycles. The van der Waals surface area contributed by atoms with Crippen molar-refractivity contribution >= 4 is 11.9 Å². The minimum Gasteiger partial charge on any atom is -0.497 e. The van der Waals surface area contributed by atoms with Gasteiger partial charge in [0.05, 0.1) is 7.11 Å². The van der Waals surface area contributed by atoms with Crippen molar-refractivity contribution in [1.82, 2.24) is 5.32 Å². The maximum Gasteiger partial charge on any atom is 0.330 e. The highest BCUT2D eigenvalue weighted by molar-refractivity contribution is 5.88. The summed E-state index contributed by atoms with van der Waals surface area (Å²) < 4.78 is 32.1. The van der Waals surface area contributed by atoms with E-state index in [2.05, 4.69) is 5.32 Å². The van der Waals surface area contributed by atoms with Crippen LogP contribution in [0.5, 0.6) is 5.75 Å². The van der Waals surface area contributed by atoms with Crippen molar-refractivity contribution in [3.05, 3.63) is 65.2 Å². The highest BCUT2D eigenvalue weighted by atomic mass is 19.1. The lowest BCUT2D eigenvalue weighted by atomic mass is 10.1. The van der Waals surface area contributed by atoms with Crippen LogP contribution in [0.3, 0.4) is 0 Å². The molecule has 0 saturated heterocycles. The molecule has 0 heterocycles. The summed E-state index contributed by atoms with van der Waals surface area (Å²) in [7, 11) is 1.49. The average Bonchev–Trinajstić information content (AvgIpc) is 3.42. The molecule has 0 radical (unpaired) electrons. The van der Waals surface area contributed by atoms with Crippen molar-refractivity contribution in [3.8, 4) is 5.75 Å². The van der Waals surface area contributed by atoms with Gasteiger partial charge in [-0.1, -0.05) is 12.1 Å². The molecule has 0 spiro atoms. The van der Waals surface area contributed by atoms with Gasteiger partial charge in [0.15, 0.2) is 6.04 Å². The zero-order valence-corrected chi connectivity index (χ0v) is 13.9. The van der Waals surface area contributed by atoms with E-state index in [0.29, 0.717) is 17.7 Å². The number of rotatable bonds is 6. The Morgan fingerprint density at radius 1 is 1.19 bits per heavy atom. The molecule has 1 amide bonds. The second kappa shape index (κ2) is 7.11. The van der Waals surface area contributed by atoms with Gasteiger partial charge in [0.1, 0.15) is 17.4 Å². The van der Waals surface area contributed by atoms with E-state index in [1.807, 2.05) is 0 Å². The van der Waals surface area contributed by atoms with Crippen LogP contribution in [0, 0.1) is 17.6 Å². The van der Waals surface area contributed by atoms with Gasteiger partial charge in [-0.25, -0.2) is 13.6 Å². The lowest BCUT2D eigenvalue weighted by Crippen LogP contribution is -2.35. The molecule has 1 saturated carbocycles. The molecule has 1 aliphatic carbocycles. The lowest BCUT2D eigenvalue weighted by Gasteiger charge is -2.15. The fourth-order valence-corrected chi connectivity index (χ4v) is 2.96. The van der Waals surface area contributed by atoms with E-state index in [1.54, 1.807) is 24.3 Å². The predicted molar refractivity (Wildman–Crippen MR) is 88.7 cm³/mol. The first-order chi connectivity index (χ1) is 12.4. The number of aliphatic carboxylic acids is 1. The van der Waals surface area contributed by atoms with Gasteiger partial charge in [-0.05, 0) is 53.8 Å². The Morgan fingerprint density at radius 3 is 2.50 bits per heavy atom. The average molecular weight is 361 g/mol. The van der Waals surface area contributed by atoms with Crippen LogP contribution in [0.4, 0.5) is 8.78 Å². The summed E-state index contributed by atoms with van der Waals surface area (Å²) >= 11 is 0. The number of carbonyl (C=O) groups excluding carboxylic acids is 1. The number of carbonyl (C=O) groups is 2. The molecule has 2 N–H and O–H groups in total. The fourth-order valence-electron chi connectivity index (χ4n) is 2.96. The second-order valence-electron chi connectivity index (χ2n) is 6.17. The van der Waals surface area contributed by atoms with E-state index in [-0.39, 0.29) is 5.56 Å². The standard InChI is InChI=1S/C19H17F2NO4/c1-26-12-5-2-10(3-6-12)17(19(24)25)22-18(23)15-9-13(15)14-8-11(20)4-7-16(14)21/h2-8,13,15,17H,9H2,1H3,(H,22,23)(H,24,25). The Bertz CT molecular complexity index is 838. The van der Waals surface area contributed by atoms with Gasteiger partial charge in [-0.15, -0.1) is 0 Å². The van der Waals surface area contributed by atoms with Crippen LogP contribution < -0.4 is 10.1 Å². The summed E-state index contributed by atoms with van der Waals surface area (Å²) in [4.78, 5) is 23.9. The van der Waals surface area contributed by atoms with Gasteiger partial charge in [-0.2, -0.15) is 0 Å². The first-order valence-electron chi connectivity index (χ1n) is 8.02. The van der Waals surface area contributed by atoms with Crippen molar-refractivity contribution in [2.24, 2.45) is 5.92 Å². The molecule has 3 atom stereocenters. The van der Waals surface area contributed by atoms with Gasteiger partial charge < -0.3 is 15.2 Å². The highest BCUT2D eigenvalue weighted by Crippen LogP contribution is 2.48. The SMILES string of the molecule is COc1ccc(C(NC(=O)C2CC2c2cc(F)ccc2F)C(=O)O)cc1. The van der Waals surface area contributed by atoms with Gasteiger partial charge in [-0.3, -0.25) is 4.79 Å². The number of carboxylic acid groups (broad SMARTS) is 1. The molecule has 2 aromatic rings. The molecule has 3 rings (SSSR count). The van der Waals surface area contributed by atoms with Crippen LogP contribution in [0.2, 0.25) is 0 Å². The molecule has 7 heteroatoms. The third-order valence-electron chi connectivity index (χ3n) is 4.47. The third kappa shape index (κ3) is 3.66. The number of halogens is 2. The van der Waals surface area contributed by atoms with Crippen LogP contribution in [0.25, 0.3) is 0 Å². The number of hydrogen-bond donors (Lipinski definition) is 2. The van der Waals surface area contributed by atoms with Gasteiger partial charge in [0, 0.05) is 5.92 Å². The van der Waals surface area contributed by atoms with Crippen LogP contribution in [0.15, 0.2) is 42.5 Å². The van der Waals surface area contributed by atoms with Crippen molar-refractivity contribution in [2.75, 3.05) is 7.11 Å². The number of hydrogen-bond acceptors (Lipinski definition) is 3. The van der Waals surface area contributed by atoms with E-state index < -0.39 is 41.4 Å². The van der Waals surface area contributed by atoms with Gasteiger partial charge in [0.2, 0.25) is 5.91 Å². The molecule has 26 heavy (non-hydrogen) atoms. The van der Waals surface area contributed by atoms with E-state index in [9.17, 15) is 23.5 Å². The van der Waals surface area contributed by atoms with E-state index in [1.165, 1.54) is 7.11 Å². The molecule has 1 aliphatic rings. The Morgan fingerprint density at radius 2 is 1.88 bits per heavy atom. The Labute approximate surface area is 148 Å². The quantitative estimate of drug-likeness (QED) is 0.829. The molecule has 5 nitrogen and oxygen atoms in total. The van der Waals surface area contributed by atoms with Crippen LogP contribution in [0.1, 0.15) is 29.5 Å². The summed E-state index contributed by atoms with van der Waals surface area (Å²) in [5.74, 6) is -3.32. The molecule has 3 unspecified atom stereocenters. The van der Waals surface area contributed by atoms with Crippen molar-refractivity contribution in [3.63, 3.8) is 0 Å². The summed E-state index contributed by atoms with van der Waals surface area (Å²) in [6, 6.07) is 8.18. The Hall–Kier alpha value is -2.96. The molecule has 1 fully saturated rings. The Balaban J connectivity index is 1.71. The number of methoxy groups -OCH3 is 1. The molecule has 0 aromatic heterocycles. The zero-order valence-electron chi connectivity index (χ0n) is 13.9. The Kier molecular flexibility index (Phi) is 4.88. The summed E-state index contributed by atoms with van der Waals surface area (Å²) in [5, 5.41) is 11.9. The molecule has 0 aliphatic heterocycles. The predicted octanol–water partition coefficient (Wildman–Crippen LogP) is 3.02. The first-order valence-corrected chi connectivity index (χ1v) is 8.02. The van der Waals surface area contributed by atoms with Crippen molar-refractivity contribution in [1.29, 1.82) is 0 Å². The van der Waals surface area contributed by atoms with Crippen molar-refractivity contribution in [2.45, 2.75) is 18.4 Å². The summed E-state index contributed by atoms with van der Waals surface area (Å²) in [5.41, 5.74) is 0.530. The molecular weight excluding hydrogens is 344 g/mol. The van der Waals surface area contributed by atoms with E-state index in [4.69, 9.17) is 4.74 Å².